The Kier molecular flexibility index (Phi) is 1.94. The molecule has 4 unspecified atom stereocenters. The van der Waals surface area contributed by atoms with Gasteiger partial charge >= 0.3 is 0 Å². The van der Waals surface area contributed by atoms with Crippen LogP contribution in [0.3, 0.4) is 0 Å². The van der Waals surface area contributed by atoms with Gasteiger partial charge in [0.2, 0.25) is 0 Å². The predicted octanol–water partition coefficient (Wildman–Crippen LogP) is 2.48. The first-order chi connectivity index (χ1) is 7.24. The molecule has 3 saturated heterocycles. The first-order valence-corrected chi connectivity index (χ1v) is 6.30. The van der Waals surface area contributed by atoms with E-state index < -0.39 is 5.79 Å². The summed E-state index contributed by atoms with van der Waals surface area (Å²) >= 11 is 0. The molecule has 4 atom stereocenters. The normalized spacial score (nSPS) is 58.7. The van der Waals surface area contributed by atoms with Crippen LogP contribution < -0.4 is 0 Å². The van der Waals surface area contributed by atoms with Crippen molar-refractivity contribution in [2.75, 3.05) is 0 Å². The van der Waals surface area contributed by atoms with Crippen LogP contribution in [0.1, 0.15) is 47.5 Å². The molecule has 3 nitrogen and oxygen atoms in total. The largest absolute Gasteiger partial charge is 0.363 e. The van der Waals surface area contributed by atoms with Crippen LogP contribution in [0.15, 0.2) is 0 Å². The van der Waals surface area contributed by atoms with Crippen molar-refractivity contribution >= 4 is 0 Å². The second-order valence-corrected chi connectivity index (χ2v) is 6.72. The van der Waals surface area contributed by atoms with Gasteiger partial charge in [0.15, 0.2) is 5.79 Å². The SMILES string of the molecule is CC1CC2(C)OC(C)(C1)C1OC(C)(C)OC12. The van der Waals surface area contributed by atoms with E-state index in [9.17, 15) is 0 Å². The van der Waals surface area contributed by atoms with Crippen LogP contribution in [-0.2, 0) is 14.2 Å². The van der Waals surface area contributed by atoms with Crippen molar-refractivity contribution in [3.63, 3.8) is 0 Å². The van der Waals surface area contributed by atoms with E-state index in [0.29, 0.717) is 5.92 Å². The Hall–Kier alpha value is -0.120. The molecule has 3 aliphatic heterocycles. The minimum Gasteiger partial charge on any atom is -0.363 e. The van der Waals surface area contributed by atoms with Gasteiger partial charge in [-0.05, 0) is 46.5 Å². The van der Waals surface area contributed by atoms with Crippen molar-refractivity contribution in [2.45, 2.75) is 76.7 Å². The molecular formula is C13H22O3. The van der Waals surface area contributed by atoms with E-state index >= 15 is 0 Å². The Morgan fingerprint density at radius 3 is 1.75 bits per heavy atom. The number of rotatable bonds is 0. The lowest BCUT2D eigenvalue weighted by Crippen LogP contribution is -2.46. The highest BCUT2D eigenvalue weighted by atomic mass is 16.8. The lowest BCUT2D eigenvalue weighted by molar-refractivity contribution is -0.245. The standard InChI is InChI=1S/C13H22O3/c1-8-6-12(4)9-10(13(5,7-8)16-12)15-11(2,3)14-9/h8-10H,6-7H2,1-5H3. The van der Waals surface area contributed by atoms with E-state index in [0.717, 1.165) is 12.8 Å². The predicted molar refractivity (Wildman–Crippen MR) is 60.1 cm³/mol. The smallest absolute Gasteiger partial charge is 0.164 e. The molecule has 0 aromatic rings. The quantitative estimate of drug-likeness (QED) is 0.635. The fraction of sp³-hybridized carbons (Fsp3) is 1.00. The van der Waals surface area contributed by atoms with Crippen molar-refractivity contribution in [3.8, 4) is 0 Å². The first-order valence-electron chi connectivity index (χ1n) is 6.30. The molecule has 3 heterocycles. The average molecular weight is 226 g/mol. The van der Waals surface area contributed by atoms with Gasteiger partial charge in [0.05, 0.1) is 11.2 Å². The van der Waals surface area contributed by atoms with Crippen molar-refractivity contribution in [2.24, 2.45) is 5.92 Å². The van der Waals surface area contributed by atoms with Gasteiger partial charge in [0, 0.05) is 0 Å². The first kappa shape index (κ1) is 11.0. The number of hydrogen-bond donors (Lipinski definition) is 0. The summed E-state index contributed by atoms with van der Waals surface area (Å²) in [6.45, 7) is 10.6. The van der Waals surface area contributed by atoms with Gasteiger partial charge in [-0.3, -0.25) is 0 Å². The van der Waals surface area contributed by atoms with E-state index in [1.165, 1.54) is 0 Å². The Morgan fingerprint density at radius 1 is 0.875 bits per heavy atom. The second kappa shape index (κ2) is 2.82. The van der Waals surface area contributed by atoms with Crippen LogP contribution in [0.25, 0.3) is 0 Å². The summed E-state index contributed by atoms with van der Waals surface area (Å²) in [7, 11) is 0. The molecule has 3 rings (SSSR count). The Bertz CT molecular complexity index is 299. The Labute approximate surface area is 97.4 Å². The molecule has 3 aliphatic rings. The molecule has 16 heavy (non-hydrogen) atoms. The summed E-state index contributed by atoms with van der Waals surface area (Å²) in [6, 6.07) is 0. The zero-order valence-corrected chi connectivity index (χ0v) is 10.9. The Morgan fingerprint density at radius 2 is 1.31 bits per heavy atom. The van der Waals surface area contributed by atoms with Crippen molar-refractivity contribution in [1.82, 2.24) is 0 Å². The maximum Gasteiger partial charge on any atom is 0.164 e. The van der Waals surface area contributed by atoms with Gasteiger partial charge < -0.3 is 14.2 Å². The lowest BCUT2D eigenvalue weighted by Gasteiger charge is -2.42. The summed E-state index contributed by atoms with van der Waals surface area (Å²) < 4.78 is 18.4. The summed E-state index contributed by atoms with van der Waals surface area (Å²) in [5.74, 6) is 0.229. The fourth-order valence-electron chi connectivity index (χ4n) is 4.07. The van der Waals surface area contributed by atoms with Crippen molar-refractivity contribution in [1.29, 1.82) is 0 Å². The highest BCUT2D eigenvalue weighted by molar-refractivity contribution is 5.14. The summed E-state index contributed by atoms with van der Waals surface area (Å²) in [6.07, 6.45) is 2.33. The summed E-state index contributed by atoms with van der Waals surface area (Å²) in [5.41, 5.74) is -0.324. The minimum atomic E-state index is -0.456. The molecule has 0 saturated carbocycles. The van der Waals surface area contributed by atoms with Gasteiger partial charge in [-0.2, -0.15) is 0 Å². The summed E-state index contributed by atoms with van der Waals surface area (Å²) in [5, 5.41) is 0. The van der Waals surface area contributed by atoms with Gasteiger partial charge in [0.1, 0.15) is 12.2 Å². The molecule has 0 spiro atoms. The van der Waals surface area contributed by atoms with Gasteiger partial charge in [-0.1, -0.05) is 6.92 Å². The fourth-order valence-corrected chi connectivity index (χ4v) is 4.07. The van der Waals surface area contributed by atoms with Gasteiger partial charge in [0.25, 0.3) is 0 Å². The van der Waals surface area contributed by atoms with Gasteiger partial charge in [-0.15, -0.1) is 0 Å². The molecule has 0 aromatic carbocycles. The maximum absolute atomic E-state index is 6.25. The monoisotopic (exact) mass is 226 g/mol. The molecule has 0 amide bonds. The molecule has 0 N–H and O–H groups in total. The lowest BCUT2D eigenvalue weighted by atomic mass is 9.86. The summed E-state index contributed by atoms with van der Waals surface area (Å²) in [4.78, 5) is 0. The maximum atomic E-state index is 6.25. The molecule has 3 fully saturated rings. The molecular weight excluding hydrogens is 204 g/mol. The average Bonchev–Trinajstić information content (AvgIpc) is 2.45. The Balaban J connectivity index is 1.99. The van der Waals surface area contributed by atoms with E-state index in [1.54, 1.807) is 0 Å². The number of fused-ring (bicyclic) bond motifs is 5. The molecule has 3 heteroatoms. The zero-order chi connectivity index (χ0) is 11.8. The highest BCUT2D eigenvalue weighted by Gasteiger charge is 2.67. The van der Waals surface area contributed by atoms with E-state index in [-0.39, 0.29) is 23.4 Å². The molecule has 0 radical (unpaired) electrons. The molecule has 0 aliphatic carbocycles. The van der Waals surface area contributed by atoms with Crippen LogP contribution in [0.2, 0.25) is 0 Å². The topological polar surface area (TPSA) is 27.7 Å². The molecule has 92 valence electrons. The van der Waals surface area contributed by atoms with E-state index in [4.69, 9.17) is 14.2 Å². The van der Waals surface area contributed by atoms with Crippen molar-refractivity contribution < 1.29 is 14.2 Å². The minimum absolute atomic E-state index is 0.0949. The third-order valence-electron chi connectivity index (χ3n) is 4.27. The second-order valence-electron chi connectivity index (χ2n) is 6.72. The van der Waals surface area contributed by atoms with Crippen LogP contribution in [0.4, 0.5) is 0 Å². The third kappa shape index (κ3) is 1.31. The van der Waals surface area contributed by atoms with Crippen LogP contribution >= 0.6 is 0 Å². The number of ether oxygens (including phenoxy) is 3. The molecule has 2 bridgehead atoms. The van der Waals surface area contributed by atoms with Crippen LogP contribution in [-0.4, -0.2) is 29.2 Å². The third-order valence-corrected chi connectivity index (χ3v) is 4.27. The zero-order valence-electron chi connectivity index (χ0n) is 10.9. The van der Waals surface area contributed by atoms with Crippen LogP contribution in [0, 0.1) is 5.92 Å². The van der Waals surface area contributed by atoms with E-state index in [2.05, 4.69) is 20.8 Å². The van der Waals surface area contributed by atoms with Gasteiger partial charge in [-0.25, -0.2) is 0 Å². The van der Waals surface area contributed by atoms with Crippen LogP contribution in [0.5, 0.6) is 0 Å². The number of hydrogen-bond acceptors (Lipinski definition) is 3. The van der Waals surface area contributed by atoms with E-state index in [1.807, 2.05) is 13.8 Å². The molecule has 0 aromatic heterocycles. The highest BCUT2D eigenvalue weighted by Crippen LogP contribution is 2.56. The van der Waals surface area contributed by atoms with Crippen molar-refractivity contribution in [3.05, 3.63) is 0 Å².